The number of ether oxygens (including phenoxy) is 1. The standard InChI is InChI=1S/C21H25N5O2S2/c1-3-29-21-25-24-20(30-21)23-18(27)13-28-16-8-4-7-15-9-10-17(22-19(15)16)26-11-5-6-14(2)12-26/h4,7-10,14H,3,5-6,11-13H2,1-2H3,(H,23,24,27). The van der Waals surface area contributed by atoms with Crippen LogP contribution in [0.1, 0.15) is 26.7 Å². The Bertz CT molecular complexity index is 1030. The van der Waals surface area contributed by atoms with E-state index in [1.807, 2.05) is 25.1 Å². The van der Waals surface area contributed by atoms with E-state index in [4.69, 9.17) is 9.72 Å². The van der Waals surface area contributed by atoms with Crippen molar-refractivity contribution in [2.24, 2.45) is 5.92 Å². The topological polar surface area (TPSA) is 80.2 Å². The Morgan fingerprint density at radius 1 is 1.33 bits per heavy atom. The first-order valence-electron chi connectivity index (χ1n) is 10.2. The maximum absolute atomic E-state index is 12.3. The number of nitrogens with zero attached hydrogens (tertiary/aromatic N) is 4. The number of piperidine rings is 1. The lowest BCUT2D eigenvalue weighted by Gasteiger charge is -2.32. The van der Waals surface area contributed by atoms with Crippen LogP contribution in [0.25, 0.3) is 10.9 Å². The number of aromatic nitrogens is 3. The summed E-state index contributed by atoms with van der Waals surface area (Å²) in [5.41, 5.74) is 0.776. The largest absolute Gasteiger partial charge is 0.481 e. The van der Waals surface area contributed by atoms with Crippen LogP contribution < -0.4 is 15.0 Å². The summed E-state index contributed by atoms with van der Waals surface area (Å²) in [4.78, 5) is 19.5. The minimum Gasteiger partial charge on any atom is -0.481 e. The third kappa shape index (κ3) is 5.02. The Morgan fingerprint density at radius 3 is 3.07 bits per heavy atom. The second-order valence-electron chi connectivity index (χ2n) is 7.33. The second kappa shape index (κ2) is 9.61. The van der Waals surface area contributed by atoms with Crippen LogP contribution in [0, 0.1) is 5.92 Å². The lowest BCUT2D eigenvalue weighted by Crippen LogP contribution is -2.34. The van der Waals surface area contributed by atoms with E-state index in [0.717, 1.165) is 39.9 Å². The highest BCUT2D eigenvalue weighted by Crippen LogP contribution is 2.29. The zero-order valence-corrected chi connectivity index (χ0v) is 18.8. The molecule has 4 rings (SSSR count). The molecule has 1 aromatic carbocycles. The number of thioether (sulfide) groups is 1. The van der Waals surface area contributed by atoms with Crippen molar-refractivity contribution in [1.82, 2.24) is 15.2 Å². The van der Waals surface area contributed by atoms with Crippen LogP contribution in [0.4, 0.5) is 10.9 Å². The molecule has 1 fully saturated rings. The summed E-state index contributed by atoms with van der Waals surface area (Å²) in [5.74, 6) is 2.89. The number of nitrogens with one attached hydrogen (secondary N) is 1. The Hall–Kier alpha value is -2.39. The number of para-hydroxylation sites is 1. The summed E-state index contributed by atoms with van der Waals surface area (Å²) in [5, 5.41) is 12.3. The van der Waals surface area contributed by atoms with Crippen molar-refractivity contribution in [3.05, 3.63) is 30.3 Å². The van der Waals surface area contributed by atoms with Crippen molar-refractivity contribution >= 4 is 50.9 Å². The van der Waals surface area contributed by atoms with Gasteiger partial charge in [-0.15, -0.1) is 10.2 Å². The smallest absolute Gasteiger partial charge is 0.264 e. The van der Waals surface area contributed by atoms with Gasteiger partial charge < -0.3 is 9.64 Å². The zero-order chi connectivity index (χ0) is 20.9. The lowest BCUT2D eigenvalue weighted by molar-refractivity contribution is -0.118. The minimum atomic E-state index is -0.266. The summed E-state index contributed by atoms with van der Waals surface area (Å²) in [7, 11) is 0. The first-order chi connectivity index (χ1) is 14.6. The van der Waals surface area contributed by atoms with Gasteiger partial charge in [0, 0.05) is 18.5 Å². The molecule has 1 saturated heterocycles. The molecule has 0 saturated carbocycles. The third-order valence-corrected chi connectivity index (χ3v) is 6.78. The maximum atomic E-state index is 12.3. The molecule has 1 aliphatic heterocycles. The van der Waals surface area contributed by atoms with E-state index in [0.29, 0.717) is 16.8 Å². The Morgan fingerprint density at radius 2 is 2.23 bits per heavy atom. The quantitative estimate of drug-likeness (QED) is 0.427. The third-order valence-electron chi connectivity index (χ3n) is 4.93. The van der Waals surface area contributed by atoms with Gasteiger partial charge in [-0.05, 0) is 42.7 Å². The molecule has 0 bridgehead atoms. The molecule has 1 amide bonds. The Labute approximate surface area is 184 Å². The number of fused-ring (bicyclic) bond motifs is 1. The fraction of sp³-hybridized carbons (Fsp3) is 0.429. The maximum Gasteiger partial charge on any atom is 0.264 e. The highest BCUT2D eigenvalue weighted by atomic mass is 32.2. The summed E-state index contributed by atoms with van der Waals surface area (Å²) in [6.45, 7) is 6.26. The van der Waals surface area contributed by atoms with Crippen LogP contribution in [-0.2, 0) is 4.79 Å². The molecule has 0 spiro atoms. The predicted octanol–water partition coefficient (Wildman–Crippen LogP) is 4.45. The molecule has 0 radical (unpaired) electrons. The van der Waals surface area contributed by atoms with Crippen molar-refractivity contribution in [3.8, 4) is 5.75 Å². The zero-order valence-electron chi connectivity index (χ0n) is 17.1. The van der Waals surface area contributed by atoms with Gasteiger partial charge in [-0.2, -0.15) is 0 Å². The molecule has 3 aromatic rings. The number of hydrogen-bond donors (Lipinski definition) is 1. The van der Waals surface area contributed by atoms with Gasteiger partial charge >= 0.3 is 0 Å². The Balaban J connectivity index is 1.45. The van der Waals surface area contributed by atoms with Gasteiger partial charge in [0.2, 0.25) is 5.13 Å². The van der Waals surface area contributed by atoms with Gasteiger partial charge in [-0.1, -0.05) is 49.1 Å². The highest BCUT2D eigenvalue weighted by molar-refractivity contribution is 8.01. The van der Waals surface area contributed by atoms with Crippen molar-refractivity contribution in [1.29, 1.82) is 0 Å². The number of amides is 1. The van der Waals surface area contributed by atoms with E-state index in [1.54, 1.807) is 11.8 Å². The van der Waals surface area contributed by atoms with Crippen molar-refractivity contribution in [2.45, 2.75) is 31.0 Å². The van der Waals surface area contributed by atoms with E-state index in [9.17, 15) is 4.79 Å². The number of hydrogen-bond acceptors (Lipinski definition) is 8. The van der Waals surface area contributed by atoms with Crippen LogP contribution >= 0.6 is 23.1 Å². The predicted molar refractivity (Wildman–Crippen MR) is 123 cm³/mol. The first kappa shape index (κ1) is 20.9. The number of rotatable bonds is 7. The molecule has 30 heavy (non-hydrogen) atoms. The van der Waals surface area contributed by atoms with Gasteiger partial charge in [-0.25, -0.2) is 4.98 Å². The molecule has 1 unspecified atom stereocenters. The van der Waals surface area contributed by atoms with Crippen LogP contribution in [-0.4, -0.2) is 46.5 Å². The van der Waals surface area contributed by atoms with E-state index in [1.165, 1.54) is 24.2 Å². The van der Waals surface area contributed by atoms with E-state index >= 15 is 0 Å². The number of anilines is 2. The fourth-order valence-electron chi connectivity index (χ4n) is 3.54. The van der Waals surface area contributed by atoms with Crippen molar-refractivity contribution < 1.29 is 9.53 Å². The molecule has 1 atom stereocenters. The number of benzene rings is 1. The van der Waals surface area contributed by atoms with Gasteiger partial charge in [-0.3, -0.25) is 10.1 Å². The molecule has 9 heteroatoms. The molecule has 3 heterocycles. The summed E-state index contributed by atoms with van der Waals surface area (Å²) in [6, 6.07) is 9.91. The van der Waals surface area contributed by atoms with E-state index < -0.39 is 0 Å². The monoisotopic (exact) mass is 443 g/mol. The van der Waals surface area contributed by atoms with Crippen LogP contribution in [0.2, 0.25) is 0 Å². The van der Waals surface area contributed by atoms with Crippen molar-refractivity contribution in [3.63, 3.8) is 0 Å². The Kier molecular flexibility index (Phi) is 6.69. The molecule has 158 valence electrons. The average Bonchev–Trinajstić information content (AvgIpc) is 3.19. The number of carbonyl (C=O) groups excluding carboxylic acids is 1. The van der Waals surface area contributed by atoms with Gasteiger partial charge in [0.15, 0.2) is 10.9 Å². The normalized spacial score (nSPS) is 16.6. The van der Waals surface area contributed by atoms with Crippen LogP contribution in [0.15, 0.2) is 34.7 Å². The lowest BCUT2D eigenvalue weighted by atomic mass is 10.0. The van der Waals surface area contributed by atoms with Gasteiger partial charge in [0.25, 0.3) is 5.91 Å². The average molecular weight is 444 g/mol. The molecule has 2 aromatic heterocycles. The molecule has 1 aliphatic rings. The second-order valence-corrected chi connectivity index (χ2v) is 9.82. The molecular formula is C21H25N5O2S2. The molecule has 1 N–H and O–H groups in total. The van der Waals surface area contributed by atoms with Crippen LogP contribution in [0.3, 0.4) is 0 Å². The molecule has 7 nitrogen and oxygen atoms in total. The van der Waals surface area contributed by atoms with Crippen LogP contribution in [0.5, 0.6) is 5.75 Å². The number of carbonyl (C=O) groups is 1. The van der Waals surface area contributed by atoms with Gasteiger partial charge in [0.1, 0.15) is 17.1 Å². The van der Waals surface area contributed by atoms with E-state index in [2.05, 4.69) is 39.5 Å². The minimum absolute atomic E-state index is 0.110. The highest BCUT2D eigenvalue weighted by Gasteiger charge is 2.18. The first-order valence-corrected chi connectivity index (χ1v) is 12.0. The SMILES string of the molecule is CCSc1nnc(NC(=O)COc2cccc3ccc(N4CCCC(C)C4)nc23)s1. The van der Waals surface area contributed by atoms with Crippen molar-refractivity contribution in [2.75, 3.05) is 35.7 Å². The van der Waals surface area contributed by atoms with Gasteiger partial charge in [0.05, 0.1) is 0 Å². The summed E-state index contributed by atoms with van der Waals surface area (Å²) >= 11 is 2.96. The summed E-state index contributed by atoms with van der Waals surface area (Å²) < 4.78 is 6.67. The molecule has 0 aliphatic carbocycles. The summed E-state index contributed by atoms with van der Waals surface area (Å²) in [6.07, 6.45) is 2.45. The number of pyridine rings is 1. The fourth-order valence-corrected chi connectivity index (χ4v) is 5.21. The van der Waals surface area contributed by atoms with E-state index in [-0.39, 0.29) is 12.5 Å². The molecular weight excluding hydrogens is 418 g/mol.